The second-order valence-electron chi connectivity index (χ2n) is 5.08. The Labute approximate surface area is 124 Å². The number of pyridine rings is 1. The van der Waals surface area contributed by atoms with Crippen molar-refractivity contribution in [2.75, 3.05) is 5.43 Å². The molecule has 0 saturated heterocycles. The summed E-state index contributed by atoms with van der Waals surface area (Å²) >= 11 is 0. The largest absolute Gasteiger partial charge is 0.349 e. The first-order valence-electron chi connectivity index (χ1n) is 7.36. The molecule has 5 heteroatoms. The van der Waals surface area contributed by atoms with Gasteiger partial charge in [-0.25, -0.2) is 10.8 Å². The summed E-state index contributed by atoms with van der Waals surface area (Å²) in [4.78, 5) is 16.7. The molecular weight excluding hydrogens is 264 g/mol. The van der Waals surface area contributed by atoms with Gasteiger partial charge in [0.2, 0.25) is 0 Å². The van der Waals surface area contributed by atoms with Crippen LogP contribution in [0.3, 0.4) is 0 Å². The second-order valence-corrected chi connectivity index (χ2v) is 5.08. The molecule has 1 amide bonds. The third kappa shape index (κ3) is 3.31. The van der Waals surface area contributed by atoms with Gasteiger partial charge in [0.1, 0.15) is 5.82 Å². The molecule has 0 fully saturated rings. The van der Waals surface area contributed by atoms with Gasteiger partial charge in [0.25, 0.3) is 5.91 Å². The van der Waals surface area contributed by atoms with Crippen molar-refractivity contribution in [3.8, 4) is 0 Å². The second kappa shape index (κ2) is 7.04. The summed E-state index contributed by atoms with van der Waals surface area (Å²) in [6.45, 7) is 4.20. The summed E-state index contributed by atoms with van der Waals surface area (Å²) in [5, 5.41) is 4.78. The molecule has 0 spiro atoms. The van der Waals surface area contributed by atoms with Gasteiger partial charge >= 0.3 is 0 Å². The summed E-state index contributed by atoms with van der Waals surface area (Å²) in [7, 11) is 0. The maximum absolute atomic E-state index is 12.5. The molecule has 1 unspecified atom stereocenters. The average molecular weight is 286 g/mol. The van der Waals surface area contributed by atoms with Gasteiger partial charge in [0.15, 0.2) is 0 Å². The summed E-state index contributed by atoms with van der Waals surface area (Å²) in [6.07, 6.45) is 4.53. The van der Waals surface area contributed by atoms with Crippen molar-refractivity contribution in [1.82, 2.24) is 10.3 Å². The van der Waals surface area contributed by atoms with Crippen molar-refractivity contribution in [3.63, 3.8) is 0 Å². The lowest BCUT2D eigenvalue weighted by Gasteiger charge is -2.17. The fourth-order valence-corrected chi connectivity index (χ4v) is 2.48. The van der Waals surface area contributed by atoms with E-state index in [0.29, 0.717) is 11.4 Å². The number of nitrogens with two attached hydrogens (primary N) is 1. The number of nitrogens with zero attached hydrogens (tertiary/aromatic N) is 1. The Balaban J connectivity index is 2.36. The van der Waals surface area contributed by atoms with Crippen molar-refractivity contribution in [2.24, 2.45) is 5.84 Å². The molecule has 2 rings (SSSR count). The van der Waals surface area contributed by atoms with Gasteiger partial charge in [0, 0.05) is 17.6 Å². The molecule has 2 aromatic rings. The number of amides is 1. The van der Waals surface area contributed by atoms with Crippen LogP contribution in [0.1, 0.15) is 43.5 Å². The zero-order valence-electron chi connectivity index (χ0n) is 12.5. The molecule has 0 aliphatic rings. The first kappa shape index (κ1) is 15.3. The first-order chi connectivity index (χ1) is 10.2. The van der Waals surface area contributed by atoms with E-state index in [-0.39, 0.29) is 11.9 Å². The lowest BCUT2D eigenvalue weighted by atomic mass is 10.0. The molecule has 21 heavy (non-hydrogen) atoms. The molecule has 0 radical (unpaired) electrons. The Hall–Kier alpha value is -2.14. The van der Waals surface area contributed by atoms with Crippen LogP contribution in [0.2, 0.25) is 0 Å². The smallest absolute Gasteiger partial charge is 0.253 e. The highest BCUT2D eigenvalue weighted by Crippen LogP contribution is 2.23. The van der Waals surface area contributed by atoms with Crippen molar-refractivity contribution >= 4 is 22.5 Å². The quantitative estimate of drug-likeness (QED) is 0.563. The minimum Gasteiger partial charge on any atom is -0.349 e. The van der Waals surface area contributed by atoms with Crippen molar-refractivity contribution < 1.29 is 4.79 Å². The molecule has 5 nitrogen and oxygen atoms in total. The lowest BCUT2D eigenvalue weighted by molar-refractivity contribution is 0.0935. The Morgan fingerprint density at radius 1 is 1.29 bits per heavy atom. The summed E-state index contributed by atoms with van der Waals surface area (Å²) in [6, 6.07) is 7.82. The number of hydrogen-bond acceptors (Lipinski definition) is 4. The van der Waals surface area contributed by atoms with Crippen molar-refractivity contribution in [1.29, 1.82) is 0 Å². The number of anilines is 1. The Bertz CT molecular complexity index is 627. The number of hydrazine groups is 1. The van der Waals surface area contributed by atoms with Crippen LogP contribution >= 0.6 is 0 Å². The minimum absolute atomic E-state index is 0.0810. The number of fused-ring (bicyclic) bond motifs is 1. The number of aromatic nitrogens is 1. The molecule has 0 saturated carbocycles. The molecule has 0 aliphatic heterocycles. The molecule has 112 valence electrons. The number of hydrogen-bond donors (Lipinski definition) is 3. The normalized spacial score (nSPS) is 12.1. The summed E-state index contributed by atoms with van der Waals surface area (Å²) in [5.41, 5.74) is 3.15. The van der Waals surface area contributed by atoms with Gasteiger partial charge in [-0.2, -0.15) is 0 Å². The SMILES string of the molecule is CCCC(CC)NC(=O)c1cnc(NN)c2ccccc12. The number of benzene rings is 1. The Kier molecular flexibility index (Phi) is 5.11. The van der Waals surface area contributed by atoms with Gasteiger partial charge < -0.3 is 10.7 Å². The Morgan fingerprint density at radius 3 is 2.62 bits per heavy atom. The highest BCUT2D eigenvalue weighted by atomic mass is 16.1. The fraction of sp³-hybridized carbons (Fsp3) is 0.375. The molecule has 1 aromatic heterocycles. The van der Waals surface area contributed by atoms with Crippen LogP contribution in [0.15, 0.2) is 30.5 Å². The predicted molar refractivity (Wildman–Crippen MR) is 86.0 cm³/mol. The molecule has 0 aliphatic carbocycles. The zero-order valence-corrected chi connectivity index (χ0v) is 12.5. The lowest BCUT2D eigenvalue weighted by Crippen LogP contribution is -2.34. The van der Waals surface area contributed by atoms with Crippen LogP contribution in [-0.2, 0) is 0 Å². The van der Waals surface area contributed by atoms with E-state index in [9.17, 15) is 4.79 Å². The van der Waals surface area contributed by atoms with Gasteiger partial charge in [-0.1, -0.05) is 44.5 Å². The summed E-state index contributed by atoms with van der Waals surface area (Å²) < 4.78 is 0. The van der Waals surface area contributed by atoms with E-state index in [0.717, 1.165) is 30.0 Å². The van der Waals surface area contributed by atoms with Gasteiger partial charge in [-0.3, -0.25) is 4.79 Å². The van der Waals surface area contributed by atoms with E-state index >= 15 is 0 Å². The zero-order chi connectivity index (χ0) is 15.2. The van der Waals surface area contributed by atoms with E-state index in [4.69, 9.17) is 5.84 Å². The van der Waals surface area contributed by atoms with E-state index in [2.05, 4.69) is 29.6 Å². The van der Waals surface area contributed by atoms with Crippen molar-refractivity contribution in [2.45, 2.75) is 39.2 Å². The van der Waals surface area contributed by atoms with E-state index in [1.807, 2.05) is 24.3 Å². The number of rotatable bonds is 6. The minimum atomic E-state index is -0.0810. The Morgan fingerprint density at radius 2 is 2.00 bits per heavy atom. The molecule has 1 heterocycles. The van der Waals surface area contributed by atoms with Crippen molar-refractivity contribution in [3.05, 3.63) is 36.0 Å². The van der Waals surface area contributed by atoms with E-state index in [1.54, 1.807) is 6.20 Å². The average Bonchev–Trinajstić information content (AvgIpc) is 2.53. The third-order valence-electron chi connectivity index (χ3n) is 3.64. The van der Waals surface area contributed by atoms with Crippen LogP contribution in [0.25, 0.3) is 10.8 Å². The third-order valence-corrected chi connectivity index (χ3v) is 3.64. The van der Waals surface area contributed by atoms with Crippen LogP contribution in [-0.4, -0.2) is 16.9 Å². The highest BCUT2D eigenvalue weighted by molar-refractivity contribution is 6.09. The molecular formula is C16H22N4O. The van der Waals surface area contributed by atoms with Gasteiger partial charge in [0.05, 0.1) is 5.56 Å². The van der Waals surface area contributed by atoms with Gasteiger partial charge in [-0.05, 0) is 18.2 Å². The van der Waals surface area contributed by atoms with E-state index < -0.39 is 0 Å². The van der Waals surface area contributed by atoms with Crippen LogP contribution in [0, 0.1) is 0 Å². The number of carbonyl (C=O) groups is 1. The number of carbonyl (C=O) groups excluding carboxylic acids is 1. The number of nitrogen functional groups attached to an aromatic ring is 1. The highest BCUT2D eigenvalue weighted by Gasteiger charge is 2.15. The topological polar surface area (TPSA) is 80.0 Å². The molecule has 4 N–H and O–H groups in total. The maximum Gasteiger partial charge on any atom is 0.253 e. The maximum atomic E-state index is 12.5. The monoisotopic (exact) mass is 286 g/mol. The number of nitrogens with one attached hydrogen (secondary N) is 2. The van der Waals surface area contributed by atoms with Crippen LogP contribution in [0.4, 0.5) is 5.82 Å². The summed E-state index contributed by atoms with van der Waals surface area (Å²) in [5.74, 6) is 5.96. The van der Waals surface area contributed by atoms with Crippen LogP contribution in [0.5, 0.6) is 0 Å². The molecule has 1 aromatic carbocycles. The van der Waals surface area contributed by atoms with Crippen LogP contribution < -0.4 is 16.6 Å². The molecule has 0 bridgehead atoms. The first-order valence-corrected chi connectivity index (χ1v) is 7.36. The standard InChI is InChI=1S/C16H22N4O/c1-3-7-11(4-2)19-16(21)14-10-18-15(20-17)13-9-6-5-8-12(13)14/h5-6,8-11H,3-4,7,17H2,1-2H3,(H,18,20)(H,19,21). The van der Waals surface area contributed by atoms with Gasteiger partial charge in [-0.15, -0.1) is 0 Å². The predicted octanol–water partition coefficient (Wildman–Crippen LogP) is 2.83. The molecule has 1 atom stereocenters. The fourth-order valence-electron chi connectivity index (χ4n) is 2.48. The van der Waals surface area contributed by atoms with E-state index in [1.165, 1.54) is 0 Å².